The van der Waals surface area contributed by atoms with Gasteiger partial charge in [0, 0.05) is 10.9 Å². The molecule has 0 bridgehead atoms. The Morgan fingerprint density at radius 1 is 1.47 bits per heavy atom. The Labute approximate surface area is 108 Å². The Morgan fingerprint density at radius 3 is 2.76 bits per heavy atom. The van der Waals surface area contributed by atoms with Crippen LogP contribution >= 0.6 is 11.6 Å². The molecule has 1 aliphatic carbocycles. The molecule has 0 aliphatic heterocycles. The molecule has 0 heterocycles. The van der Waals surface area contributed by atoms with Gasteiger partial charge in [0.25, 0.3) is 0 Å². The van der Waals surface area contributed by atoms with Crippen molar-refractivity contribution >= 4 is 11.6 Å². The monoisotopic (exact) mass is 245 g/mol. The molecule has 88 valence electrons. The molecule has 1 nitrogen and oxygen atoms in total. The third kappa shape index (κ3) is 2.11. The topological polar surface area (TPSA) is 26.0 Å². The molecule has 1 aromatic rings. The minimum absolute atomic E-state index is 0.265. The van der Waals surface area contributed by atoms with Crippen LogP contribution in [0.25, 0.3) is 0 Å². The van der Waals surface area contributed by atoms with Crippen LogP contribution in [0.4, 0.5) is 0 Å². The van der Waals surface area contributed by atoms with Gasteiger partial charge in [-0.3, -0.25) is 0 Å². The summed E-state index contributed by atoms with van der Waals surface area (Å²) in [4.78, 5) is 0. The first-order chi connectivity index (χ1) is 8.08. The maximum atomic E-state index is 6.49. The minimum Gasteiger partial charge on any atom is -0.318 e. The molecule has 1 saturated carbocycles. The molecule has 17 heavy (non-hydrogen) atoms. The lowest BCUT2D eigenvalue weighted by atomic mass is 9.70. The summed E-state index contributed by atoms with van der Waals surface area (Å²) in [6, 6.07) is 7.71. The molecule has 2 atom stereocenters. The third-order valence-electron chi connectivity index (χ3n) is 3.60. The van der Waals surface area contributed by atoms with Crippen molar-refractivity contribution in [1.82, 2.24) is 0 Å². The highest BCUT2D eigenvalue weighted by molar-refractivity contribution is 6.31. The number of hydrogen-bond acceptors (Lipinski definition) is 1. The highest BCUT2D eigenvalue weighted by atomic mass is 35.5. The van der Waals surface area contributed by atoms with Gasteiger partial charge in [-0.25, -0.2) is 0 Å². The summed E-state index contributed by atoms with van der Waals surface area (Å²) in [7, 11) is 0. The molecule has 1 fully saturated rings. The molecule has 0 saturated heterocycles. The van der Waals surface area contributed by atoms with Crippen LogP contribution in [0.1, 0.15) is 24.8 Å². The smallest absolute Gasteiger partial charge is 0.0637 e. The van der Waals surface area contributed by atoms with E-state index in [0.29, 0.717) is 5.02 Å². The predicted octanol–water partition coefficient (Wildman–Crippen LogP) is 3.48. The van der Waals surface area contributed by atoms with E-state index in [-0.39, 0.29) is 5.92 Å². The fraction of sp³-hybridized carbons (Fsp3) is 0.333. The molecule has 2 rings (SSSR count). The van der Waals surface area contributed by atoms with E-state index >= 15 is 0 Å². The van der Waals surface area contributed by atoms with Crippen LogP contribution in [0, 0.1) is 18.3 Å². The molecule has 0 spiro atoms. The van der Waals surface area contributed by atoms with Crippen LogP contribution in [0.2, 0.25) is 5.02 Å². The zero-order chi connectivity index (χ0) is 12.5. The van der Waals surface area contributed by atoms with Crippen molar-refractivity contribution in [2.24, 2.45) is 11.7 Å². The first-order valence-electron chi connectivity index (χ1n) is 5.76. The molecule has 2 unspecified atom stereocenters. The molecule has 2 N–H and O–H groups in total. The van der Waals surface area contributed by atoms with Crippen LogP contribution in [0.5, 0.6) is 0 Å². The summed E-state index contributed by atoms with van der Waals surface area (Å²) in [6.45, 7) is 4.10. The minimum atomic E-state index is -0.522. The van der Waals surface area contributed by atoms with Gasteiger partial charge >= 0.3 is 0 Å². The number of benzene rings is 1. The van der Waals surface area contributed by atoms with E-state index < -0.39 is 5.54 Å². The van der Waals surface area contributed by atoms with Gasteiger partial charge in [-0.15, -0.1) is 12.3 Å². The van der Waals surface area contributed by atoms with Crippen molar-refractivity contribution in [3.8, 4) is 12.3 Å². The summed E-state index contributed by atoms with van der Waals surface area (Å²) >= 11 is 6.22. The Hall–Kier alpha value is -1.23. The first kappa shape index (κ1) is 12.2. The molecular formula is C15H16ClN. The second-order valence-corrected chi connectivity index (χ2v) is 5.07. The first-order valence-corrected chi connectivity index (χ1v) is 6.14. The van der Waals surface area contributed by atoms with Gasteiger partial charge < -0.3 is 5.73 Å². The number of terminal acetylenes is 1. The summed E-state index contributed by atoms with van der Waals surface area (Å²) in [6.07, 6.45) is 7.99. The van der Waals surface area contributed by atoms with Gasteiger partial charge in [-0.05, 0) is 30.9 Å². The van der Waals surface area contributed by atoms with Crippen molar-refractivity contribution in [1.29, 1.82) is 0 Å². The molecule has 1 aliphatic rings. The summed E-state index contributed by atoms with van der Waals surface area (Å²) < 4.78 is 0. The molecule has 0 amide bonds. The van der Waals surface area contributed by atoms with Crippen molar-refractivity contribution in [3.63, 3.8) is 0 Å². The average Bonchev–Trinajstić information content (AvgIpc) is 2.33. The zero-order valence-electron chi connectivity index (χ0n) is 9.75. The largest absolute Gasteiger partial charge is 0.318 e. The highest BCUT2D eigenvalue weighted by Crippen LogP contribution is 2.42. The van der Waals surface area contributed by atoms with Gasteiger partial charge in [-0.2, -0.15) is 0 Å². The zero-order valence-corrected chi connectivity index (χ0v) is 10.5. The van der Waals surface area contributed by atoms with Crippen LogP contribution in [0.15, 0.2) is 36.4 Å². The molecule has 1 aromatic carbocycles. The fourth-order valence-electron chi connectivity index (χ4n) is 2.45. The third-order valence-corrected chi connectivity index (χ3v) is 3.93. The Morgan fingerprint density at radius 2 is 2.18 bits per heavy atom. The maximum absolute atomic E-state index is 6.49. The van der Waals surface area contributed by atoms with Gasteiger partial charge in [0.1, 0.15) is 0 Å². The maximum Gasteiger partial charge on any atom is 0.0637 e. The highest BCUT2D eigenvalue weighted by Gasteiger charge is 2.37. The summed E-state index contributed by atoms with van der Waals surface area (Å²) in [5.41, 5.74) is 7.91. The van der Waals surface area contributed by atoms with Crippen molar-refractivity contribution in [3.05, 3.63) is 47.0 Å². The summed E-state index contributed by atoms with van der Waals surface area (Å²) in [5.74, 6) is 3.05. The van der Waals surface area contributed by atoms with Gasteiger partial charge in [-0.1, -0.05) is 42.0 Å². The van der Waals surface area contributed by atoms with Crippen molar-refractivity contribution < 1.29 is 0 Å². The van der Waals surface area contributed by atoms with Gasteiger partial charge in [0.2, 0.25) is 0 Å². The molecule has 0 radical (unpaired) electrons. The SMILES string of the molecule is C#CC1CCC(N)(c2ccccc2Cl)C(=C)C1. The average molecular weight is 246 g/mol. The number of hydrogen-bond donors (Lipinski definition) is 1. The van der Waals surface area contributed by atoms with Gasteiger partial charge in [0.15, 0.2) is 0 Å². The number of rotatable bonds is 1. The summed E-state index contributed by atoms with van der Waals surface area (Å²) in [5, 5.41) is 0.704. The Bertz CT molecular complexity index is 486. The molecule has 2 heteroatoms. The van der Waals surface area contributed by atoms with Crippen LogP contribution in [0.3, 0.4) is 0 Å². The second kappa shape index (κ2) is 4.56. The molecule has 0 aromatic heterocycles. The van der Waals surface area contributed by atoms with Crippen molar-refractivity contribution in [2.45, 2.75) is 24.8 Å². The van der Waals surface area contributed by atoms with E-state index in [9.17, 15) is 0 Å². The van der Waals surface area contributed by atoms with Crippen LogP contribution in [-0.4, -0.2) is 0 Å². The fourth-order valence-corrected chi connectivity index (χ4v) is 2.76. The normalized spacial score (nSPS) is 28.8. The van der Waals surface area contributed by atoms with E-state index in [2.05, 4.69) is 12.5 Å². The van der Waals surface area contributed by atoms with E-state index in [1.807, 2.05) is 24.3 Å². The van der Waals surface area contributed by atoms with Crippen LogP contribution < -0.4 is 5.73 Å². The molecular weight excluding hydrogens is 230 g/mol. The van der Waals surface area contributed by atoms with E-state index in [4.69, 9.17) is 23.8 Å². The van der Waals surface area contributed by atoms with Crippen molar-refractivity contribution in [2.75, 3.05) is 0 Å². The predicted molar refractivity (Wildman–Crippen MR) is 72.6 cm³/mol. The van der Waals surface area contributed by atoms with Gasteiger partial charge in [0.05, 0.1) is 5.54 Å². The van der Waals surface area contributed by atoms with Crippen LogP contribution in [-0.2, 0) is 5.54 Å². The number of nitrogens with two attached hydrogens (primary N) is 1. The number of halogens is 1. The van der Waals surface area contributed by atoms with E-state index in [0.717, 1.165) is 30.4 Å². The Kier molecular flexibility index (Phi) is 3.28. The second-order valence-electron chi connectivity index (χ2n) is 4.66. The van der Waals surface area contributed by atoms with E-state index in [1.54, 1.807) is 0 Å². The lowest BCUT2D eigenvalue weighted by Gasteiger charge is -2.38. The quantitative estimate of drug-likeness (QED) is 0.595. The lowest BCUT2D eigenvalue weighted by molar-refractivity contribution is 0.357. The Balaban J connectivity index is 2.36. The standard InChI is InChI=1S/C15H16ClN/c1-3-12-8-9-15(17,11(2)10-12)13-6-4-5-7-14(13)16/h1,4-7,12H,2,8-10,17H2. The lowest BCUT2D eigenvalue weighted by Crippen LogP contribution is -2.42. The van der Waals surface area contributed by atoms with E-state index in [1.165, 1.54) is 0 Å².